The standard InChI is InChI=1S/C18H27N3O/c1-5-6-7-8-11-15(14-22-18(2,3)4)21-17-13-10-9-12-16(17)19-20-21/h9-10,12-14H,5-8,11H2,1-4H3/b15-14-. The predicted molar refractivity (Wildman–Crippen MR) is 91.4 cm³/mol. The van der Waals surface area contributed by atoms with Gasteiger partial charge in [0.2, 0.25) is 0 Å². The van der Waals surface area contributed by atoms with E-state index in [4.69, 9.17) is 4.74 Å². The average Bonchev–Trinajstić information content (AvgIpc) is 2.89. The number of nitrogens with zero attached hydrogens (tertiary/aromatic N) is 3. The summed E-state index contributed by atoms with van der Waals surface area (Å²) in [5.41, 5.74) is 2.81. The molecule has 4 nitrogen and oxygen atoms in total. The molecule has 2 aromatic rings. The second kappa shape index (κ2) is 7.43. The average molecular weight is 301 g/mol. The Balaban J connectivity index is 2.23. The molecular formula is C18H27N3O. The molecule has 1 aromatic heterocycles. The highest BCUT2D eigenvalue weighted by Crippen LogP contribution is 2.21. The van der Waals surface area contributed by atoms with Crippen molar-refractivity contribution < 1.29 is 4.74 Å². The molecule has 120 valence electrons. The molecule has 0 saturated carbocycles. The number of allylic oxidation sites excluding steroid dienone is 1. The Kier molecular flexibility index (Phi) is 5.58. The molecule has 0 radical (unpaired) electrons. The number of benzene rings is 1. The van der Waals surface area contributed by atoms with E-state index in [-0.39, 0.29) is 5.60 Å². The minimum atomic E-state index is -0.203. The first kappa shape index (κ1) is 16.5. The Hall–Kier alpha value is -1.84. The van der Waals surface area contributed by atoms with Gasteiger partial charge in [-0.25, -0.2) is 4.68 Å². The highest BCUT2D eigenvalue weighted by molar-refractivity contribution is 5.77. The first-order valence-electron chi connectivity index (χ1n) is 8.19. The minimum Gasteiger partial charge on any atom is -0.494 e. The number of hydrogen-bond acceptors (Lipinski definition) is 3. The zero-order valence-corrected chi connectivity index (χ0v) is 14.2. The topological polar surface area (TPSA) is 39.9 Å². The van der Waals surface area contributed by atoms with Crippen LogP contribution in [0.4, 0.5) is 0 Å². The Morgan fingerprint density at radius 3 is 2.68 bits per heavy atom. The van der Waals surface area contributed by atoms with Crippen LogP contribution in [-0.4, -0.2) is 20.6 Å². The lowest BCUT2D eigenvalue weighted by Crippen LogP contribution is -2.16. The van der Waals surface area contributed by atoms with E-state index in [1.807, 2.05) is 35.2 Å². The van der Waals surface area contributed by atoms with Crippen molar-refractivity contribution in [1.82, 2.24) is 15.0 Å². The Bertz CT molecular complexity index is 623. The Morgan fingerprint density at radius 1 is 1.18 bits per heavy atom. The number of rotatable bonds is 7. The van der Waals surface area contributed by atoms with E-state index >= 15 is 0 Å². The molecule has 4 heteroatoms. The molecule has 0 fully saturated rings. The number of para-hydroxylation sites is 1. The fraction of sp³-hybridized carbons (Fsp3) is 0.556. The third-order valence-electron chi connectivity index (χ3n) is 3.46. The lowest BCUT2D eigenvalue weighted by molar-refractivity contribution is 0.0766. The summed E-state index contributed by atoms with van der Waals surface area (Å²) < 4.78 is 7.78. The second-order valence-electron chi connectivity index (χ2n) is 6.64. The van der Waals surface area contributed by atoms with Gasteiger partial charge in [0.1, 0.15) is 11.8 Å². The molecule has 1 heterocycles. The summed E-state index contributed by atoms with van der Waals surface area (Å²) in [4.78, 5) is 0. The summed E-state index contributed by atoms with van der Waals surface area (Å²) in [7, 11) is 0. The van der Waals surface area contributed by atoms with Gasteiger partial charge < -0.3 is 4.74 Å². The summed E-state index contributed by atoms with van der Waals surface area (Å²) in [6.07, 6.45) is 7.68. The maximum absolute atomic E-state index is 5.87. The van der Waals surface area contributed by atoms with Crippen LogP contribution in [0.25, 0.3) is 16.7 Å². The van der Waals surface area contributed by atoms with Crippen LogP contribution in [0.15, 0.2) is 30.5 Å². The van der Waals surface area contributed by atoms with Crippen LogP contribution < -0.4 is 0 Å². The van der Waals surface area contributed by atoms with Crippen molar-refractivity contribution in [3.05, 3.63) is 30.5 Å². The summed E-state index contributed by atoms with van der Waals surface area (Å²) in [6.45, 7) is 8.39. The van der Waals surface area contributed by atoms with Crippen LogP contribution in [0, 0.1) is 0 Å². The van der Waals surface area contributed by atoms with Crippen molar-refractivity contribution >= 4 is 16.7 Å². The van der Waals surface area contributed by atoms with Gasteiger partial charge in [-0.3, -0.25) is 0 Å². The van der Waals surface area contributed by atoms with E-state index < -0.39 is 0 Å². The third kappa shape index (κ3) is 4.58. The van der Waals surface area contributed by atoms with Crippen LogP contribution in [0.5, 0.6) is 0 Å². The number of aromatic nitrogens is 3. The molecular weight excluding hydrogens is 274 g/mol. The maximum atomic E-state index is 5.87. The number of ether oxygens (including phenoxy) is 1. The van der Waals surface area contributed by atoms with Crippen LogP contribution in [-0.2, 0) is 4.74 Å². The van der Waals surface area contributed by atoms with Crippen LogP contribution in [0.2, 0.25) is 0 Å². The molecule has 0 aliphatic rings. The molecule has 0 N–H and O–H groups in total. The summed E-state index contributed by atoms with van der Waals surface area (Å²) >= 11 is 0. The second-order valence-corrected chi connectivity index (χ2v) is 6.64. The third-order valence-corrected chi connectivity index (χ3v) is 3.46. The summed E-state index contributed by atoms with van der Waals surface area (Å²) in [6, 6.07) is 8.03. The van der Waals surface area contributed by atoms with E-state index in [1.54, 1.807) is 0 Å². The highest BCUT2D eigenvalue weighted by Gasteiger charge is 2.13. The van der Waals surface area contributed by atoms with Gasteiger partial charge in [-0.15, -0.1) is 5.10 Å². The number of fused-ring (bicyclic) bond motifs is 1. The molecule has 0 atom stereocenters. The molecule has 1 aromatic carbocycles. The molecule has 0 spiro atoms. The fourth-order valence-electron chi connectivity index (χ4n) is 2.27. The zero-order valence-electron chi connectivity index (χ0n) is 14.2. The predicted octanol–water partition coefficient (Wildman–Crippen LogP) is 5.02. The van der Waals surface area contributed by atoms with Gasteiger partial charge in [0.25, 0.3) is 0 Å². The normalized spacial score (nSPS) is 12.8. The quantitative estimate of drug-likeness (QED) is 0.533. The van der Waals surface area contributed by atoms with Crippen molar-refractivity contribution in [2.24, 2.45) is 0 Å². The molecule has 0 saturated heterocycles. The van der Waals surface area contributed by atoms with Crippen molar-refractivity contribution in [2.75, 3.05) is 0 Å². The van der Waals surface area contributed by atoms with E-state index in [0.29, 0.717) is 0 Å². The zero-order chi connectivity index (χ0) is 16.0. The first-order valence-corrected chi connectivity index (χ1v) is 8.19. The van der Waals surface area contributed by atoms with Crippen LogP contribution >= 0.6 is 0 Å². The van der Waals surface area contributed by atoms with E-state index in [0.717, 1.165) is 29.6 Å². The minimum absolute atomic E-state index is 0.203. The maximum Gasteiger partial charge on any atom is 0.113 e. The molecule has 0 aliphatic carbocycles. The number of unbranched alkanes of at least 4 members (excludes halogenated alkanes) is 3. The van der Waals surface area contributed by atoms with E-state index in [9.17, 15) is 0 Å². The monoisotopic (exact) mass is 301 g/mol. The highest BCUT2D eigenvalue weighted by atomic mass is 16.5. The van der Waals surface area contributed by atoms with Gasteiger partial charge in [0, 0.05) is 0 Å². The lowest BCUT2D eigenvalue weighted by Gasteiger charge is -2.19. The number of hydrogen-bond donors (Lipinski definition) is 0. The molecule has 2 rings (SSSR count). The van der Waals surface area contributed by atoms with Gasteiger partial charge in [0.05, 0.1) is 16.8 Å². The first-order chi connectivity index (χ1) is 10.5. The van der Waals surface area contributed by atoms with Crippen molar-refractivity contribution in [3.8, 4) is 0 Å². The van der Waals surface area contributed by atoms with Crippen molar-refractivity contribution in [2.45, 2.75) is 65.4 Å². The van der Waals surface area contributed by atoms with Crippen molar-refractivity contribution in [1.29, 1.82) is 0 Å². The van der Waals surface area contributed by atoms with Gasteiger partial charge in [-0.05, 0) is 45.7 Å². The molecule has 0 amide bonds. The lowest BCUT2D eigenvalue weighted by atomic mass is 10.1. The van der Waals surface area contributed by atoms with Crippen LogP contribution in [0.3, 0.4) is 0 Å². The van der Waals surface area contributed by atoms with Gasteiger partial charge in [0.15, 0.2) is 0 Å². The Labute approximate surface area is 133 Å². The van der Waals surface area contributed by atoms with E-state index in [2.05, 4.69) is 38.0 Å². The summed E-state index contributed by atoms with van der Waals surface area (Å²) in [5.74, 6) is 0. The molecule has 0 bridgehead atoms. The van der Waals surface area contributed by atoms with Crippen LogP contribution in [0.1, 0.15) is 59.8 Å². The van der Waals surface area contributed by atoms with E-state index in [1.165, 1.54) is 19.3 Å². The van der Waals surface area contributed by atoms with Gasteiger partial charge in [-0.1, -0.05) is 43.5 Å². The smallest absolute Gasteiger partial charge is 0.113 e. The molecule has 22 heavy (non-hydrogen) atoms. The largest absolute Gasteiger partial charge is 0.494 e. The molecule has 0 aliphatic heterocycles. The molecule has 0 unspecified atom stereocenters. The van der Waals surface area contributed by atoms with Gasteiger partial charge >= 0.3 is 0 Å². The SMILES string of the molecule is CCCCCC/C(=C/OC(C)(C)C)n1nnc2ccccc21. The summed E-state index contributed by atoms with van der Waals surface area (Å²) in [5, 5.41) is 8.56. The van der Waals surface area contributed by atoms with Crippen molar-refractivity contribution in [3.63, 3.8) is 0 Å². The fourth-order valence-corrected chi connectivity index (χ4v) is 2.27. The van der Waals surface area contributed by atoms with Gasteiger partial charge in [-0.2, -0.15) is 0 Å². The Morgan fingerprint density at radius 2 is 1.95 bits per heavy atom.